The molecular weight excluding hydrogens is 262 g/mol. The van der Waals surface area contributed by atoms with Crippen LogP contribution in [-0.4, -0.2) is 15.0 Å². The van der Waals surface area contributed by atoms with Gasteiger partial charge >= 0.3 is 0 Å². The minimum Gasteiger partial charge on any atom is -0.469 e. The molecule has 0 spiro atoms. The van der Waals surface area contributed by atoms with E-state index in [0.29, 0.717) is 12.5 Å². The molecule has 2 aromatic heterocycles. The number of hydrogen-bond acceptors (Lipinski definition) is 3. The van der Waals surface area contributed by atoms with Crippen molar-refractivity contribution in [3.8, 4) is 5.88 Å². The van der Waals surface area contributed by atoms with E-state index in [1.165, 1.54) is 0 Å². The summed E-state index contributed by atoms with van der Waals surface area (Å²) in [6.07, 6.45) is 0. The maximum Gasteiger partial charge on any atom is 0.213 e. The summed E-state index contributed by atoms with van der Waals surface area (Å²) in [7, 11) is 0. The molecule has 0 unspecified atom stereocenters. The van der Waals surface area contributed by atoms with Crippen LogP contribution in [0.3, 0.4) is 0 Å². The molecule has 0 saturated carbocycles. The first-order chi connectivity index (χ1) is 10.0. The first kappa shape index (κ1) is 13.6. The normalized spacial score (nSPS) is 11.8. The Hall–Kier alpha value is -2.36. The summed E-state index contributed by atoms with van der Waals surface area (Å²) in [6.45, 7) is 6.80. The highest BCUT2D eigenvalue weighted by Crippen LogP contribution is 2.22. The van der Waals surface area contributed by atoms with Gasteiger partial charge in [-0.25, -0.2) is 9.97 Å². The Labute approximate surface area is 124 Å². The fourth-order valence-corrected chi connectivity index (χ4v) is 2.13. The lowest BCUT2D eigenvalue weighted by Crippen LogP contribution is -2.13. The summed E-state index contributed by atoms with van der Waals surface area (Å²) >= 11 is 0. The maximum atomic E-state index is 5.75. The highest BCUT2D eigenvalue weighted by Gasteiger charge is 2.15. The zero-order valence-electron chi connectivity index (χ0n) is 12.6. The van der Waals surface area contributed by atoms with Crippen LogP contribution in [0.15, 0.2) is 42.5 Å². The third kappa shape index (κ3) is 3.05. The van der Waals surface area contributed by atoms with Crippen LogP contribution in [0.2, 0.25) is 0 Å². The van der Waals surface area contributed by atoms with Gasteiger partial charge in [0, 0.05) is 17.2 Å². The van der Waals surface area contributed by atoms with Gasteiger partial charge in [-0.3, -0.25) is 0 Å². The fraction of sp³-hybridized carbons (Fsp3) is 0.294. The zero-order valence-corrected chi connectivity index (χ0v) is 12.6. The summed E-state index contributed by atoms with van der Waals surface area (Å²) in [6, 6.07) is 13.8. The van der Waals surface area contributed by atoms with Gasteiger partial charge in [-0.1, -0.05) is 39.0 Å². The summed E-state index contributed by atoms with van der Waals surface area (Å²) in [5.41, 5.74) is 3.00. The first-order valence-electron chi connectivity index (χ1n) is 7.06. The van der Waals surface area contributed by atoms with Gasteiger partial charge in [0.15, 0.2) is 0 Å². The van der Waals surface area contributed by atoms with Crippen molar-refractivity contribution in [3.63, 3.8) is 0 Å². The van der Waals surface area contributed by atoms with Gasteiger partial charge in [0.05, 0.1) is 11.0 Å². The molecule has 108 valence electrons. The van der Waals surface area contributed by atoms with Crippen LogP contribution in [0.1, 0.15) is 32.3 Å². The number of rotatable bonds is 3. The monoisotopic (exact) mass is 281 g/mol. The van der Waals surface area contributed by atoms with E-state index in [9.17, 15) is 0 Å². The molecule has 0 fully saturated rings. The van der Waals surface area contributed by atoms with Gasteiger partial charge in [-0.15, -0.1) is 0 Å². The lowest BCUT2D eigenvalue weighted by molar-refractivity contribution is 0.283. The van der Waals surface area contributed by atoms with Crippen LogP contribution in [0.25, 0.3) is 11.0 Å². The van der Waals surface area contributed by atoms with Gasteiger partial charge in [0.25, 0.3) is 0 Å². The van der Waals surface area contributed by atoms with Crippen molar-refractivity contribution in [3.05, 3.63) is 54.0 Å². The molecule has 0 saturated heterocycles. The predicted octanol–water partition coefficient (Wildman–Crippen LogP) is 3.83. The van der Waals surface area contributed by atoms with Crippen LogP contribution in [0.5, 0.6) is 5.88 Å². The summed E-state index contributed by atoms with van der Waals surface area (Å²) in [4.78, 5) is 12.3. The molecule has 0 bridgehead atoms. The highest BCUT2D eigenvalue weighted by atomic mass is 16.5. The van der Waals surface area contributed by atoms with Crippen molar-refractivity contribution in [1.29, 1.82) is 0 Å². The molecule has 0 aliphatic carbocycles. The molecule has 0 aliphatic heterocycles. The van der Waals surface area contributed by atoms with Crippen LogP contribution in [0.4, 0.5) is 0 Å². The molecule has 0 radical (unpaired) electrons. The lowest BCUT2D eigenvalue weighted by atomic mass is 9.92. The molecule has 4 nitrogen and oxygen atoms in total. The van der Waals surface area contributed by atoms with E-state index >= 15 is 0 Å². The zero-order chi connectivity index (χ0) is 14.9. The number of aromatic amines is 1. The second kappa shape index (κ2) is 5.20. The third-order valence-corrected chi connectivity index (χ3v) is 3.29. The topological polar surface area (TPSA) is 50.8 Å². The second-order valence-electron chi connectivity index (χ2n) is 6.10. The Bertz CT molecular complexity index is 723. The average Bonchev–Trinajstić information content (AvgIpc) is 2.87. The van der Waals surface area contributed by atoms with Gasteiger partial charge in [-0.05, 0) is 18.2 Å². The molecule has 4 heteroatoms. The quantitative estimate of drug-likeness (QED) is 0.793. The average molecular weight is 281 g/mol. The summed E-state index contributed by atoms with van der Waals surface area (Å²) < 4.78 is 5.75. The Morgan fingerprint density at radius 3 is 2.57 bits per heavy atom. The summed E-state index contributed by atoms with van der Waals surface area (Å²) in [5.74, 6) is 1.43. The number of aromatic nitrogens is 3. The third-order valence-electron chi connectivity index (χ3n) is 3.29. The van der Waals surface area contributed by atoms with Gasteiger partial charge in [0.1, 0.15) is 12.4 Å². The largest absolute Gasteiger partial charge is 0.469 e. The molecule has 1 aromatic carbocycles. The molecule has 3 aromatic rings. The number of nitrogens with zero attached hydrogens (tertiary/aromatic N) is 2. The van der Waals surface area contributed by atoms with E-state index in [4.69, 9.17) is 4.74 Å². The molecule has 21 heavy (non-hydrogen) atoms. The van der Waals surface area contributed by atoms with Crippen LogP contribution < -0.4 is 4.74 Å². The van der Waals surface area contributed by atoms with Gasteiger partial charge in [-0.2, -0.15) is 0 Å². The van der Waals surface area contributed by atoms with Crippen molar-refractivity contribution in [2.45, 2.75) is 32.8 Å². The number of benzene rings is 1. The number of para-hydroxylation sites is 2. The number of imidazole rings is 1. The highest BCUT2D eigenvalue weighted by molar-refractivity contribution is 5.74. The standard InChI is InChI=1S/C17H19N3O/c1-17(2,3)14-9-6-10-16(20-14)21-11-15-18-12-7-4-5-8-13(12)19-15/h4-10H,11H2,1-3H3,(H,18,19). The molecule has 1 N–H and O–H groups in total. The van der Waals surface area contributed by atoms with Crippen molar-refractivity contribution >= 4 is 11.0 Å². The van der Waals surface area contributed by atoms with E-state index in [1.807, 2.05) is 42.5 Å². The Morgan fingerprint density at radius 2 is 1.81 bits per heavy atom. The van der Waals surface area contributed by atoms with Crippen molar-refractivity contribution in [1.82, 2.24) is 15.0 Å². The number of fused-ring (bicyclic) bond motifs is 1. The minimum absolute atomic E-state index is 0.0126. The van der Waals surface area contributed by atoms with Crippen molar-refractivity contribution in [2.75, 3.05) is 0 Å². The minimum atomic E-state index is 0.0126. The molecule has 0 aliphatic rings. The van der Waals surface area contributed by atoms with Crippen molar-refractivity contribution in [2.24, 2.45) is 0 Å². The number of nitrogens with one attached hydrogen (secondary N) is 1. The number of H-pyrrole nitrogens is 1. The Morgan fingerprint density at radius 1 is 1.00 bits per heavy atom. The molecule has 0 atom stereocenters. The van der Waals surface area contributed by atoms with E-state index in [1.54, 1.807) is 0 Å². The molecule has 0 amide bonds. The van der Waals surface area contributed by atoms with Crippen molar-refractivity contribution < 1.29 is 4.74 Å². The van der Waals surface area contributed by atoms with Gasteiger partial charge < -0.3 is 9.72 Å². The number of pyridine rings is 1. The van der Waals surface area contributed by atoms with Crippen LogP contribution in [0, 0.1) is 0 Å². The predicted molar refractivity (Wildman–Crippen MR) is 83.4 cm³/mol. The number of ether oxygens (including phenoxy) is 1. The Kier molecular flexibility index (Phi) is 3.37. The van der Waals surface area contributed by atoms with E-state index in [2.05, 4.69) is 35.7 Å². The maximum absolute atomic E-state index is 5.75. The van der Waals surface area contributed by atoms with Gasteiger partial charge in [0.2, 0.25) is 5.88 Å². The molecular formula is C17H19N3O. The molecule has 3 rings (SSSR count). The van der Waals surface area contributed by atoms with Crippen LogP contribution in [-0.2, 0) is 12.0 Å². The summed E-state index contributed by atoms with van der Waals surface area (Å²) in [5, 5.41) is 0. The molecule has 2 heterocycles. The Balaban J connectivity index is 1.75. The number of hydrogen-bond donors (Lipinski definition) is 1. The van der Waals surface area contributed by atoms with Crippen LogP contribution >= 0.6 is 0 Å². The fourth-order valence-electron chi connectivity index (χ4n) is 2.13. The van der Waals surface area contributed by atoms with E-state index in [0.717, 1.165) is 22.6 Å². The van der Waals surface area contributed by atoms with E-state index < -0.39 is 0 Å². The smallest absolute Gasteiger partial charge is 0.213 e. The second-order valence-corrected chi connectivity index (χ2v) is 6.10. The van der Waals surface area contributed by atoms with E-state index in [-0.39, 0.29) is 5.41 Å². The SMILES string of the molecule is CC(C)(C)c1cccc(OCc2nc3ccccc3[nH]2)n1. The lowest BCUT2D eigenvalue weighted by Gasteiger charge is -2.18. The first-order valence-corrected chi connectivity index (χ1v) is 7.06.